The van der Waals surface area contributed by atoms with E-state index in [9.17, 15) is 18.0 Å². The van der Waals surface area contributed by atoms with Gasteiger partial charge < -0.3 is 10.6 Å². The Morgan fingerprint density at radius 2 is 2.11 bits per heavy atom. The number of amides is 1. The number of carbonyl (C=O) groups is 1. The molecule has 0 bridgehead atoms. The Labute approximate surface area is 102 Å². The summed E-state index contributed by atoms with van der Waals surface area (Å²) in [6, 6.07) is 4.65. The van der Waals surface area contributed by atoms with E-state index >= 15 is 0 Å². The minimum absolute atomic E-state index is 0.183. The van der Waals surface area contributed by atoms with E-state index in [0.717, 1.165) is 25.2 Å². The van der Waals surface area contributed by atoms with Gasteiger partial charge in [-0.3, -0.25) is 4.79 Å². The molecule has 1 heterocycles. The van der Waals surface area contributed by atoms with Crippen LogP contribution in [0.3, 0.4) is 0 Å². The number of hydrogen-bond donors (Lipinski definition) is 2. The molecule has 1 fully saturated rings. The van der Waals surface area contributed by atoms with Crippen molar-refractivity contribution in [2.45, 2.75) is 12.6 Å². The van der Waals surface area contributed by atoms with Crippen LogP contribution in [0.25, 0.3) is 0 Å². The molecule has 2 N–H and O–H groups in total. The smallest absolute Gasteiger partial charge is 0.326 e. The average molecular weight is 258 g/mol. The Morgan fingerprint density at radius 3 is 2.67 bits per heavy atom. The van der Waals surface area contributed by atoms with E-state index in [1.54, 1.807) is 0 Å². The topological polar surface area (TPSA) is 41.1 Å². The fraction of sp³-hybridized carbons (Fsp3) is 0.417. The summed E-state index contributed by atoms with van der Waals surface area (Å²) >= 11 is 0. The number of benzene rings is 1. The van der Waals surface area contributed by atoms with E-state index in [4.69, 9.17) is 0 Å². The molecule has 6 heteroatoms. The van der Waals surface area contributed by atoms with Crippen molar-refractivity contribution in [2.24, 2.45) is 5.92 Å². The molecular weight excluding hydrogens is 245 g/mol. The standard InChI is InChI=1S/C12H13F3N2O/c13-12(14,15)9-2-1-3-10(5-9)17-11(18)4-8-6-16-7-8/h1-3,5,8,16H,4,6-7H2,(H,17,18). The van der Waals surface area contributed by atoms with Gasteiger partial charge >= 0.3 is 6.18 Å². The summed E-state index contributed by atoms with van der Waals surface area (Å²) < 4.78 is 37.4. The zero-order valence-electron chi connectivity index (χ0n) is 9.55. The fourth-order valence-electron chi connectivity index (χ4n) is 1.74. The van der Waals surface area contributed by atoms with E-state index in [0.29, 0.717) is 6.42 Å². The number of carbonyl (C=O) groups excluding carboxylic acids is 1. The molecule has 0 atom stereocenters. The number of anilines is 1. The van der Waals surface area contributed by atoms with Crippen LogP contribution in [0.15, 0.2) is 24.3 Å². The minimum atomic E-state index is -4.39. The summed E-state index contributed by atoms with van der Waals surface area (Å²) in [5.74, 6) is 0.0385. The largest absolute Gasteiger partial charge is 0.416 e. The minimum Gasteiger partial charge on any atom is -0.326 e. The van der Waals surface area contributed by atoms with Crippen molar-refractivity contribution in [3.05, 3.63) is 29.8 Å². The van der Waals surface area contributed by atoms with Gasteiger partial charge in [-0.25, -0.2) is 0 Å². The Hall–Kier alpha value is -1.56. The lowest BCUT2D eigenvalue weighted by molar-refractivity contribution is -0.137. The molecule has 1 aromatic carbocycles. The molecular formula is C12H13F3N2O. The van der Waals surface area contributed by atoms with Crippen molar-refractivity contribution in [1.29, 1.82) is 0 Å². The molecule has 0 unspecified atom stereocenters. The first-order chi connectivity index (χ1) is 8.45. The number of alkyl halides is 3. The molecule has 1 aromatic rings. The van der Waals surface area contributed by atoms with Gasteiger partial charge in [0, 0.05) is 12.1 Å². The van der Waals surface area contributed by atoms with Crippen LogP contribution < -0.4 is 10.6 Å². The SMILES string of the molecule is O=C(CC1CNC1)Nc1cccc(C(F)(F)F)c1. The van der Waals surface area contributed by atoms with Crippen LogP contribution in [0.2, 0.25) is 0 Å². The molecule has 1 saturated heterocycles. The molecule has 98 valence electrons. The second-order valence-corrected chi connectivity index (χ2v) is 4.36. The highest BCUT2D eigenvalue weighted by Gasteiger charge is 2.30. The van der Waals surface area contributed by atoms with Crippen molar-refractivity contribution in [3.8, 4) is 0 Å². The second-order valence-electron chi connectivity index (χ2n) is 4.36. The van der Waals surface area contributed by atoms with E-state index in [1.807, 2.05) is 0 Å². The van der Waals surface area contributed by atoms with Gasteiger partial charge in [-0.1, -0.05) is 6.07 Å². The van der Waals surface area contributed by atoms with Gasteiger partial charge in [0.1, 0.15) is 0 Å². The number of halogens is 3. The van der Waals surface area contributed by atoms with E-state index in [1.165, 1.54) is 12.1 Å². The summed E-state index contributed by atoms with van der Waals surface area (Å²) in [6.45, 7) is 1.58. The van der Waals surface area contributed by atoms with E-state index in [2.05, 4.69) is 10.6 Å². The summed E-state index contributed by atoms with van der Waals surface area (Å²) in [5.41, 5.74) is -0.576. The van der Waals surface area contributed by atoms with Crippen LogP contribution in [0.4, 0.5) is 18.9 Å². The first-order valence-corrected chi connectivity index (χ1v) is 5.63. The summed E-state index contributed by atoms with van der Waals surface area (Å²) in [7, 11) is 0. The van der Waals surface area contributed by atoms with Crippen molar-refractivity contribution in [2.75, 3.05) is 18.4 Å². The van der Waals surface area contributed by atoms with E-state index < -0.39 is 11.7 Å². The highest BCUT2D eigenvalue weighted by molar-refractivity contribution is 5.91. The normalized spacial score (nSPS) is 16.2. The maximum absolute atomic E-state index is 12.5. The monoisotopic (exact) mass is 258 g/mol. The third-order valence-corrected chi connectivity index (χ3v) is 2.81. The van der Waals surface area contributed by atoms with Crippen LogP contribution in [-0.4, -0.2) is 19.0 Å². The second kappa shape index (κ2) is 4.97. The predicted octanol–water partition coefficient (Wildman–Crippen LogP) is 2.25. The van der Waals surface area contributed by atoms with Gasteiger partial charge in [0.15, 0.2) is 0 Å². The first-order valence-electron chi connectivity index (χ1n) is 5.63. The Bertz CT molecular complexity index is 441. The summed E-state index contributed by atoms with van der Waals surface area (Å²) in [4.78, 5) is 11.6. The van der Waals surface area contributed by atoms with Crippen LogP contribution in [0.1, 0.15) is 12.0 Å². The van der Waals surface area contributed by atoms with Crippen LogP contribution >= 0.6 is 0 Å². The molecule has 18 heavy (non-hydrogen) atoms. The van der Waals surface area contributed by atoms with Gasteiger partial charge in [0.25, 0.3) is 0 Å². The third kappa shape index (κ3) is 3.22. The Balaban J connectivity index is 1.98. The predicted molar refractivity (Wildman–Crippen MR) is 61.1 cm³/mol. The molecule has 0 saturated carbocycles. The molecule has 1 amide bonds. The maximum Gasteiger partial charge on any atom is 0.416 e. The van der Waals surface area contributed by atoms with Gasteiger partial charge in [-0.15, -0.1) is 0 Å². The Kier molecular flexibility index (Phi) is 3.56. The molecule has 1 aliphatic rings. The summed E-state index contributed by atoms with van der Waals surface area (Å²) in [5, 5.41) is 5.52. The maximum atomic E-state index is 12.5. The molecule has 0 radical (unpaired) electrons. The molecule has 0 aromatic heterocycles. The summed E-state index contributed by atoms with van der Waals surface area (Å²) in [6.07, 6.45) is -4.05. The number of hydrogen-bond acceptors (Lipinski definition) is 2. The highest BCUT2D eigenvalue weighted by Crippen LogP contribution is 2.30. The van der Waals surface area contributed by atoms with Gasteiger partial charge in [-0.05, 0) is 37.2 Å². The zero-order chi connectivity index (χ0) is 13.2. The van der Waals surface area contributed by atoms with Gasteiger partial charge in [0.05, 0.1) is 5.56 Å². The lowest BCUT2D eigenvalue weighted by atomic mass is 9.99. The van der Waals surface area contributed by atoms with E-state index in [-0.39, 0.29) is 17.5 Å². The molecule has 0 aliphatic carbocycles. The molecule has 3 nitrogen and oxygen atoms in total. The molecule has 0 spiro atoms. The number of rotatable bonds is 3. The number of nitrogens with one attached hydrogen (secondary N) is 2. The van der Waals surface area contributed by atoms with Gasteiger partial charge in [0.2, 0.25) is 5.91 Å². The van der Waals surface area contributed by atoms with Crippen molar-refractivity contribution < 1.29 is 18.0 Å². The lowest BCUT2D eigenvalue weighted by Crippen LogP contribution is -2.43. The highest BCUT2D eigenvalue weighted by atomic mass is 19.4. The lowest BCUT2D eigenvalue weighted by Gasteiger charge is -2.26. The van der Waals surface area contributed by atoms with Crippen molar-refractivity contribution in [1.82, 2.24) is 5.32 Å². The van der Waals surface area contributed by atoms with Gasteiger partial charge in [-0.2, -0.15) is 13.2 Å². The van der Waals surface area contributed by atoms with Crippen molar-refractivity contribution in [3.63, 3.8) is 0 Å². The molecule has 2 rings (SSSR count). The molecule has 1 aliphatic heterocycles. The quantitative estimate of drug-likeness (QED) is 0.873. The zero-order valence-corrected chi connectivity index (χ0v) is 9.55. The van der Waals surface area contributed by atoms with Crippen molar-refractivity contribution >= 4 is 11.6 Å². The fourth-order valence-corrected chi connectivity index (χ4v) is 1.74. The van der Waals surface area contributed by atoms with Crippen LogP contribution in [0.5, 0.6) is 0 Å². The third-order valence-electron chi connectivity index (χ3n) is 2.81. The average Bonchev–Trinajstić information content (AvgIpc) is 2.23. The first kappa shape index (κ1) is 12.9. The van der Waals surface area contributed by atoms with Crippen LogP contribution in [0, 0.1) is 5.92 Å². The Morgan fingerprint density at radius 1 is 1.39 bits per heavy atom. The van der Waals surface area contributed by atoms with Crippen LogP contribution in [-0.2, 0) is 11.0 Å².